The second kappa shape index (κ2) is 8.97. The highest BCUT2D eigenvalue weighted by molar-refractivity contribution is 6.08. The molecule has 6 rings (SSSR count). The van der Waals surface area contributed by atoms with Crippen molar-refractivity contribution in [3.8, 4) is 11.9 Å². The van der Waals surface area contributed by atoms with Crippen LogP contribution in [-0.4, -0.2) is 52.3 Å². The normalized spacial score (nSPS) is 17.3. The third-order valence-corrected chi connectivity index (χ3v) is 7.15. The minimum atomic E-state index is -0.360. The summed E-state index contributed by atoms with van der Waals surface area (Å²) in [4.78, 5) is 21.5. The maximum atomic E-state index is 5.06. The van der Waals surface area contributed by atoms with Gasteiger partial charge in [0.2, 0.25) is 0 Å². The smallest absolute Gasteiger partial charge is 0.256 e. The molecule has 3 aromatic heterocycles. The highest BCUT2D eigenvalue weighted by atomic mass is 15.4. The number of fused-ring (bicyclic) bond motifs is 1. The molecule has 9 heteroatoms. The van der Waals surface area contributed by atoms with Gasteiger partial charge in [0, 0.05) is 41.7 Å². The van der Waals surface area contributed by atoms with Crippen LogP contribution in [0.1, 0.15) is 48.0 Å². The van der Waals surface area contributed by atoms with E-state index < -0.39 is 0 Å². The van der Waals surface area contributed by atoms with E-state index in [1.807, 2.05) is 59.0 Å². The van der Waals surface area contributed by atoms with Crippen LogP contribution in [-0.2, 0) is 0 Å². The highest BCUT2D eigenvalue weighted by Crippen LogP contribution is 2.46. The van der Waals surface area contributed by atoms with Crippen molar-refractivity contribution >= 4 is 17.5 Å². The first kappa shape index (κ1) is 24.7. The lowest BCUT2D eigenvalue weighted by atomic mass is 9.80. The lowest BCUT2D eigenvalue weighted by molar-refractivity contribution is 0.566. The molecule has 0 radical (unpaired) electrons. The number of likely N-dealkylation sites (N-methyl/N-ethyl adjacent to an activating group) is 1. The summed E-state index contributed by atoms with van der Waals surface area (Å²) in [6.45, 7) is 12.3. The van der Waals surface area contributed by atoms with Crippen molar-refractivity contribution in [2.75, 3.05) is 7.05 Å². The lowest BCUT2D eigenvalue weighted by Gasteiger charge is -2.28. The van der Waals surface area contributed by atoms with Crippen molar-refractivity contribution in [1.82, 2.24) is 39.4 Å². The number of benzene rings is 1. The van der Waals surface area contributed by atoms with E-state index >= 15 is 0 Å². The molecule has 1 aromatic carbocycles. The lowest BCUT2D eigenvalue weighted by Crippen LogP contribution is -2.28. The number of nitrogens with zero attached hydrogens (tertiary/aromatic N) is 9. The van der Waals surface area contributed by atoms with E-state index in [9.17, 15) is 0 Å². The van der Waals surface area contributed by atoms with E-state index in [4.69, 9.17) is 19.9 Å². The number of aliphatic imine (C=N–C) groups is 1. The third-order valence-electron chi connectivity index (χ3n) is 7.15. The fraction of sp³-hybridized carbons (Fsp3) is 0.267. The summed E-state index contributed by atoms with van der Waals surface area (Å²) in [5.41, 5.74) is 7.67. The number of hydrogen-bond donors (Lipinski definition) is 0. The summed E-state index contributed by atoms with van der Waals surface area (Å²) in [7, 11) is 2.04. The predicted molar refractivity (Wildman–Crippen MR) is 152 cm³/mol. The molecule has 2 aliphatic rings. The first-order valence-corrected chi connectivity index (χ1v) is 13.0. The fourth-order valence-corrected chi connectivity index (χ4v) is 5.12. The maximum Gasteiger partial charge on any atom is 0.256 e. The maximum absolute atomic E-state index is 5.06. The highest BCUT2D eigenvalue weighted by Gasteiger charge is 2.40. The molecule has 0 fully saturated rings. The van der Waals surface area contributed by atoms with Crippen LogP contribution in [0, 0.1) is 33.1 Å². The van der Waals surface area contributed by atoms with Crippen molar-refractivity contribution in [3.63, 3.8) is 0 Å². The predicted octanol–water partition coefficient (Wildman–Crippen LogP) is 5.17. The summed E-state index contributed by atoms with van der Waals surface area (Å²) >= 11 is 0. The van der Waals surface area contributed by atoms with Gasteiger partial charge in [0.1, 0.15) is 5.84 Å². The summed E-state index contributed by atoms with van der Waals surface area (Å²) < 4.78 is 3.48. The van der Waals surface area contributed by atoms with Crippen LogP contribution in [0.4, 0.5) is 0 Å². The topological polar surface area (TPSA) is 89.9 Å². The van der Waals surface area contributed by atoms with Gasteiger partial charge in [-0.05, 0) is 57.0 Å². The summed E-state index contributed by atoms with van der Waals surface area (Å²) in [5, 5.41) is 9.23. The van der Waals surface area contributed by atoms with Gasteiger partial charge in [-0.25, -0.2) is 14.4 Å². The van der Waals surface area contributed by atoms with Gasteiger partial charge in [-0.3, -0.25) is 0 Å². The van der Waals surface area contributed by atoms with Gasteiger partial charge in [-0.15, -0.1) is 0 Å². The molecule has 0 saturated carbocycles. The molecule has 0 aliphatic carbocycles. The number of allylic oxidation sites excluding steroid dienone is 3. The number of hydrogen-bond acceptors (Lipinski definition) is 7. The van der Waals surface area contributed by atoms with Gasteiger partial charge in [0.15, 0.2) is 5.82 Å². The zero-order valence-electron chi connectivity index (χ0n) is 23.3. The average molecular weight is 518 g/mol. The zero-order chi connectivity index (χ0) is 27.5. The Hall–Kier alpha value is -4.66. The Bertz CT molecular complexity index is 1660. The minimum absolute atomic E-state index is 0.360. The van der Waals surface area contributed by atoms with E-state index in [0.717, 1.165) is 45.5 Å². The molecule has 0 bridgehead atoms. The van der Waals surface area contributed by atoms with E-state index in [0.29, 0.717) is 17.7 Å². The standard InChI is InChI=1S/C30H31N9/c1-18-13-20(3)38(35-18)28-32-26(33-29(34-28)39-21(4)14-19(2)36-39)16-25-30(5,6)24-15-23(17-37(7)27(24)31-25)22-11-9-8-10-12-22/h8-17H,1-7H3. The van der Waals surface area contributed by atoms with Crippen molar-refractivity contribution in [2.45, 2.75) is 41.5 Å². The van der Waals surface area contributed by atoms with Gasteiger partial charge in [-0.2, -0.15) is 25.1 Å². The van der Waals surface area contributed by atoms with Crippen molar-refractivity contribution in [3.05, 3.63) is 100 Å². The molecule has 2 aliphatic heterocycles. The van der Waals surface area contributed by atoms with E-state index in [1.165, 1.54) is 5.56 Å². The van der Waals surface area contributed by atoms with Crippen molar-refractivity contribution in [2.24, 2.45) is 10.4 Å². The zero-order valence-corrected chi connectivity index (χ0v) is 23.3. The molecular weight excluding hydrogens is 486 g/mol. The Balaban J connectivity index is 1.48. The van der Waals surface area contributed by atoms with Gasteiger partial charge in [0.05, 0.1) is 17.1 Å². The Labute approximate surface area is 228 Å². The SMILES string of the molecule is Cc1cc(C)n(-c2nc(C=C3N=C4C(=CC(c5ccccc5)=CN4C)C3(C)C)nc(-n3nc(C)cc3C)n2)n1. The first-order chi connectivity index (χ1) is 18.6. The Morgan fingerprint density at radius 3 is 1.92 bits per heavy atom. The van der Waals surface area contributed by atoms with Gasteiger partial charge < -0.3 is 4.90 Å². The minimum Gasteiger partial charge on any atom is -0.335 e. The molecule has 0 unspecified atom stereocenters. The second-order valence-corrected chi connectivity index (χ2v) is 10.7. The molecule has 0 atom stereocenters. The third kappa shape index (κ3) is 4.29. The van der Waals surface area contributed by atoms with Gasteiger partial charge >= 0.3 is 0 Å². The molecule has 0 amide bonds. The summed E-state index contributed by atoms with van der Waals surface area (Å²) in [6, 6.07) is 14.4. The quantitative estimate of drug-likeness (QED) is 0.371. The van der Waals surface area contributed by atoms with E-state index in [2.05, 4.69) is 65.5 Å². The van der Waals surface area contributed by atoms with Crippen LogP contribution < -0.4 is 0 Å². The molecule has 4 aromatic rings. The molecule has 39 heavy (non-hydrogen) atoms. The molecule has 9 nitrogen and oxygen atoms in total. The van der Waals surface area contributed by atoms with Crippen LogP contribution in [0.3, 0.4) is 0 Å². The molecule has 0 saturated heterocycles. The summed E-state index contributed by atoms with van der Waals surface area (Å²) in [5.74, 6) is 2.31. The van der Waals surface area contributed by atoms with Gasteiger partial charge in [-0.1, -0.05) is 44.2 Å². The molecule has 5 heterocycles. The van der Waals surface area contributed by atoms with Crippen LogP contribution in [0.25, 0.3) is 23.5 Å². The first-order valence-electron chi connectivity index (χ1n) is 13.0. The number of rotatable bonds is 4. The average Bonchev–Trinajstić information content (AvgIpc) is 3.51. The van der Waals surface area contributed by atoms with E-state index in [1.54, 1.807) is 9.36 Å². The van der Waals surface area contributed by atoms with E-state index in [-0.39, 0.29) is 5.41 Å². The number of amidine groups is 1. The Kier molecular flexibility index (Phi) is 5.67. The molecule has 196 valence electrons. The summed E-state index contributed by atoms with van der Waals surface area (Å²) in [6.07, 6.45) is 6.32. The monoisotopic (exact) mass is 517 g/mol. The van der Waals surface area contributed by atoms with Crippen LogP contribution in [0.5, 0.6) is 0 Å². The number of aromatic nitrogens is 7. The largest absolute Gasteiger partial charge is 0.335 e. The number of aryl methyl sites for hydroxylation is 4. The van der Waals surface area contributed by atoms with Crippen LogP contribution in [0.2, 0.25) is 0 Å². The second-order valence-electron chi connectivity index (χ2n) is 10.7. The molecule has 0 N–H and O–H groups in total. The Morgan fingerprint density at radius 2 is 1.38 bits per heavy atom. The molecule has 0 spiro atoms. The van der Waals surface area contributed by atoms with Crippen molar-refractivity contribution < 1.29 is 0 Å². The van der Waals surface area contributed by atoms with Crippen LogP contribution >= 0.6 is 0 Å². The molecular formula is C30H31N9. The fourth-order valence-electron chi connectivity index (χ4n) is 5.12. The van der Waals surface area contributed by atoms with Crippen molar-refractivity contribution in [1.29, 1.82) is 0 Å². The van der Waals surface area contributed by atoms with Gasteiger partial charge in [0.25, 0.3) is 11.9 Å². The van der Waals surface area contributed by atoms with Crippen LogP contribution in [0.15, 0.2) is 71.0 Å². The Morgan fingerprint density at radius 1 is 0.795 bits per heavy atom.